The lowest BCUT2D eigenvalue weighted by molar-refractivity contribution is -0.141. The first-order chi connectivity index (χ1) is 6.95. The van der Waals surface area contributed by atoms with Gasteiger partial charge in [-0.05, 0) is 13.8 Å². The van der Waals surface area contributed by atoms with Crippen molar-refractivity contribution < 1.29 is 9.53 Å². The van der Waals surface area contributed by atoms with Gasteiger partial charge in [0.05, 0.1) is 18.5 Å². The first-order valence-electron chi connectivity index (χ1n) is 4.70. The quantitative estimate of drug-likeness (QED) is 0.794. The van der Waals surface area contributed by atoms with Crippen molar-refractivity contribution in [2.24, 2.45) is 5.73 Å². The van der Waals surface area contributed by atoms with Gasteiger partial charge in [0, 0.05) is 23.0 Å². The summed E-state index contributed by atoms with van der Waals surface area (Å²) in [6.45, 7) is 3.78. The summed E-state index contributed by atoms with van der Waals surface area (Å²) in [5.41, 5.74) is 5.55. The van der Waals surface area contributed by atoms with Crippen LogP contribution < -0.4 is 5.73 Å². The largest absolute Gasteiger partial charge is 0.469 e. The van der Waals surface area contributed by atoms with Crippen LogP contribution in [0, 0.1) is 0 Å². The molecule has 2 N–H and O–H groups in total. The molecule has 0 aliphatic rings. The zero-order valence-electron chi connectivity index (χ0n) is 9.19. The Morgan fingerprint density at radius 2 is 2.40 bits per heavy atom. The fraction of sp³-hybridized carbons (Fsp3) is 0.600. The Labute approximate surface area is 93.5 Å². The number of nitrogens with zero attached hydrogens (tertiary/aromatic N) is 1. The first kappa shape index (κ1) is 12.1. The number of carbonyl (C=O) groups is 1. The van der Waals surface area contributed by atoms with Crippen LogP contribution in [0.25, 0.3) is 0 Å². The van der Waals surface area contributed by atoms with Gasteiger partial charge >= 0.3 is 5.97 Å². The molecule has 84 valence electrons. The van der Waals surface area contributed by atoms with Gasteiger partial charge in [-0.3, -0.25) is 4.79 Å². The summed E-state index contributed by atoms with van der Waals surface area (Å²) in [6, 6.07) is 0. The molecule has 0 aliphatic heterocycles. The molecule has 1 aromatic heterocycles. The summed E-state index contributed by atoms with van der Waals surface area (Å²) in [5.74, 6) is -0.348. The van der Waals surface area contributed by atoms with E-state index in [1.807, 2.05) is 19.2 Å². The zero-order valence-corrected chi connectivity index (χ0v) is 10.0. The third kappa shape index (κ3) is 3.28. The van der Waals surface area contributed by atoms with Crippen molar-refractivity contribution in [1.82, 2.24) is 4.98 Å². The predicted molar refractivity (Wildman–Crippen MR) is 59.8 cm³/mol. The van der Waals surface area contributed by atoms with Crippen LogP contribution in [0.1, 0.15) is 31.2 Å². The molecule has 15 heavy (non-hydrogen) atoms. The summed E-state index contributed by atoms with van der Waals surface area (Å²) >= 11 is 1.51. The maximum absolute atomic E-state index is 11.3. The highest BCUT2D eigenvalue weighted by Gasteiger charge is 2.31. The average Bonchev–Trinajstić information content (AvgIpc) is 2.64. The van der Waals surface area contributed by atoms with Gasteiger partial charge in [-0.25, -0.2) is 4.98 Å². The number of nitrogens with two attached hydrogens (primary N) is 1. The number of aromatic nitrogens is 1. The SMILES string of the molecule is COC(=O)CC(c1nccs1)C(C)(C)N. The van der Waals surface area contributed by atoms with Crippen LogP contribution in [0.5, 0.6) is 0 Å². The standard InChI is InChI=1S/C10H16N2O2S/c1-10(2,11)7(6-8(13)14-3)9-12-4-5-15-9/h4-5,7H,6,11H2,1-3H3. The second kappa shape index (κ2) is 4.72. The van der Waals surface area contributed by atoms with E-state index in [1.165, 1.54) is 18.4 Å². The average molecular weight is 228 g/mol. The Kier molecular flexibility index (Phi) is 3.82. The Balaban J connectivity index is 2.85. The lowest BCUT2D eigenvalue weighted by Gasteiger charge is -2.27. The van der Waals surface area contributed by atoms with Gasteiger partial charge in [-0.2, -0.15) is 0 Å². The number of methoxy groups -OCH3 is 1. The summed E-state index contributed by atoms with van der Waals surface area (Å²) in [4.78, 5) is 15.5. The van der Waals surface area contributed by atoms with E-state index in [0.717, 1.165) is 5.01 Å². The Morgan fingerprint density at radius 1 is 1.73 bits per heavy atom. The third-order valence-electron chi connectivity index (χ3n) is 2.25. The molecule has 1 atom stereocenters. The lowest BCUT2D eigenvalue weighted by atomic mass is 9.86. The molecule has 0 aliphatic carbocycles. The van der Waals surface area contributed by atoms with E-state index in [4.69, 9.17) is 5.73 Å². The predicted octanol–water partition coefficient (Wildman–Crippen LogP) is 1.53. The smallest absolute Gasteiger partial charge is 0.306 e. The Bertz CT molecular complexity index is 317. The molecule has 0 saturated heterocycles. The third-order valence-corrected chi connectivity index (χ3v) is 3.14. The summed E-state index contributed by atoms with van der Waals surface area (Å²) < 4.78 is 4.66. The van der Waals surface area contributed by atoms with E-state index in [2.05, 4.69) is 9.72 Å². The van der Waals surface area contributed by atoms with Crippen LogP contribution in [0.3, 0.4) is 0 Å². The highest BCUT2D eigenvalue weighted by Crippen LogP contribution is 2.31. The van der Waals surface area contributed by atoms with E-state index in [9.17, 15) is 4.79 Å². The molecule has 0 spiro atoms. The maximum atomic E-state index is 11.3. The van der Waals surface area contributed by atoms with Gasteiger partial charge in [0.15, 0.2) is 0 Å². The van der Waals surface area contributed by atoms with Crippen LogP contribution >= 0.6 is 11.3 Å². The minimum atomic E-state index is -0.480. The lowest BCUT2D eigenvalue weighted by Crippen LogP contribution is -2.40. The highest BCUT2D eigenvalue weighted by molar-refractivity contribution is 7.09. The van der Waals surface area contributed by atoms with Crippen molar-refractivity contribution >= 4 is 17.3 Å². The molecule has 0 radical (unpaired) electrons. The van der Waals surface area contributed by atoms with Gasteiger partial charge in [0.1, 0.15) is 0 Å². The van der Waals surface area contributed by atoms with Crippen molar-refractivity contribution in [2.75, 3.05) is 7.11 Å². The van der Waals surface area contributed by atoms with Crippen molar-refractivity contribution in [1.29, 1.82) is 0 Å². The zero-order chi connectivity index (χ0) is 11.5. The monoisotopic (exact) mass is 228 g/mol. The van der Waals surface area contributed by atoms with Crippen LogP contribution in [0.2, 0.25) is 0 Å². The van der Waals surface area contributed by atoms with Gasteiger partial charge in [0.25, 0.3) is 0 Å². The second-order valence-corrected chi connectivity index (χ2v) is 4.95. The van der Waals surface area contributed by atoms with Gasteiger partial charge in [-0.15, -0.1) is 11.3 Å². The molecule has 1 rings (SSSR count). The fourth-order valence-electron chi connectivity index (χ4n) is 1.33. The molecule has 0 fully saturated rings. The van der Waals surface area contributed by atoms with Gasteiger partial charge in [-0.1, -0.05) is 0 Å². The summed E-state index contributed by atoms with van der Waals surface area (Å²) in [5, 5.41) is 2.76. The van der Waals surface area contributed by atoms with Crippen molar-refractivity contribution in [3.63, 3.8) is 0 Å². The molecular weight excluding hydrogens is 212 g/mol. The van der Waals surface area contributed by atoms with Gasteiger partial charge < -0.3 is 10.5 Å². The Morgan fingerprint density at radius 3 is 2.80 bits per heavy atom. The number of esters is 1. The first-order valence-corrected chi connectivity index (χ1v) is 5.58. The van der Waals surface area contributed by atoms with E-state index < -0.39 is 5.54 Å². The maximum Gasteiger partial charge on any atom is 0.306 e. The van der Waals surface area contributed by atoms with Crippen LogP contribution in [-0.2, 0) is 9.53 Å². The molecular formula is C10H16N2O2S. The second-order valence-electron chi connectivity index (χ2n) is 4.02. The Hall–Kier alpha value is -0.940. The van der Waals surface area contributed by atoms with Crippen LogP contribution in [-0.4, -0.2) is 23.6 Å². The van der Waals surface area contributed by atoms with E-state index in [1.54, 1.807) is 6.20 Å². The number of hydrogen-bond donors (Lipinski definition) is 1. The number of ether oxygens (including phenoxy) is 1. The molecule has 0 bridgehead atoms. The van der Waals surface area contributed by atoms with Crippen molar-refractivity contribution in [3.05, 3.63) is 16.6 Å². The van der Waals surface area contributed by atoms with E-state index in [-0.39, 0.29) is 18.3 Å². The molecule has 0 saturated carbocycles. The molecule has 1 unspecified atom stereocenters. The van der Waals surface area contributed by atoms with Crippen molar-refractivity contribution in [2.45, 2.75) is 31.7 Å². The summed E-state index contributed by atoms with van der Waals surface area (Å²) in [7, 11) is 1.38. The highest BCUT2D eigenvalue weighted by atomic mass is 32.1. The molecule has 0 aromatic carbocycles. The molecule has 4 nitrogen and oxygen atoms in total. The molecule has 1 heterocycles. The van der Waals surface area contributed by atoms with Crippen LogP contribution in [0.15, 0.2) is 11.6 Å². The number of hydrogen-bond acceptors (Lipinski definition) is 5. The van der Waals surface area contributed by atoms with Crippen molar-refractivity contribution in [3.8, 4) is 0 Å². The minimum Gasteiger partial charge on any atom is -0.469 e. The number of thiazole rings is 1. The molecule has 1 aromatic rings. The number of rotatable bonds is 4. The number of carbonyl (C=O) groups excluding carboxylic acids is 1. The topological polar surface area (TPSA) is 65.2 Å². The molecule has 5 heteroatoms. The molecule has 0 amide bonds. The van der Waals surface area contributed by atoms with E-state index in [0.29, 0.717) is 0 Å². The minimum absolute atomic E-state index is 0.0926. The van der Waals surface area contributed by atoms with Gasteiger partial charge in [0.2, 0.25) is 0 Å². The normalized spacial score (nSPS) is 13.6. The van der Waals surface area contributed by atoms with E-state index >= 15 is 0 Å². The summed E-state index contributed by atoms with van der Waals surface area (Å²) in [6.07, 6.45) is 1.99. The van der Waals surface area contributed by atoms with Crippen LogP contribution in [0.4, 0.5) is 0 Å². The fourth-order valence-corrected chi connectivity index (χ4v) is 2.26.